The summed E-state index contributed by atoms with van der Waals surface area (Å²) in [5.74, 6) is -0.305. The maximum absolute atomic E-state index is 12.0. The summed E-state index contributed by atoms with van der Waals surface area (Å²) in [6.07, 6.45) is 1.50. The summed E-state index contributed by atoms with van der Waals surface area (Å²) in [6, 6.07) is 4.54. The van der Waals surface area contributed by atoms with Gasteiger partial charge in [0, 0.05) is 12.6 Å². The van der Waals surface area contributed by atoms with Crippen LogP contribution in [0.4, 0.5) is 11.4 Å². The molecule has 2 rings (SSSR count). The number of ether oxygens (including phenoxy) is 1. The molecule has 1 heterocycles. The lowest BCUT2D eigenvalue weighted by atomic mass is 10.1. The number of benzene rings is 1. The number of nitro groups is 1. The third-order valence-corrected chi connectivity index (χ3v) is 3.45. The standard InChI is InChI=1S/C14H18N2O4/c1-3-20-14(17)12-5-4-8-15(12)13-9-10(2)6-7-11(13)16(18)19/h6-7,9,12H,3-5,8H2,1-2H3. The van der Waals surface area contributed by atoms with Gasteiger partial charge in [-0.3, -0.25) is 10.1 Å². The molecule has 1 aliphatic rings. The van der Waals surface area contributed by atoms with Crippen molar-refractivity contribution in [1.82, 2.24) is 0 Å². The number of esters is 1. The predicted molar refractivity (Wildman–Crippen MR) is 74.8 cm³/mol. The minimum atomic E-state index is -0.421. The number of aryl methyl sites for hydroxylation is 1. The molecule has 108 valence electrons. The van der Waals surface area contributed by atoms with Crippen LogP contribution < -0.4 is 4.90 Å². The van der Waals surface area contributed by atoms with Crippen molar-refractivity contribution in [3.05, 3.63) is 33.9 Å². The molecule has 0 spiro atoms. The van der Waals surface area contributed by atoms with Crippen molar-refractivity contribution in [3.8, 4) is 0 Å². The molecule has 6 heteroatoms. The molecule has 1 unspecified atom stereocenters. The first kappa shape index (κ1) is 14.3. The number of carbonyl (C=O) groups is 1. The monoisotopic (exact) mass is 278 g/mol. The maximum Gasteiger partial charge on any atom is 0.328 e. The lowest BCUT2D eigenvalue weighted by molar-refractivity contribution is -0.384. The zero-order valence-corrected chi connectivity index (χ0v) is 11.7. The molecule has 1 aromatic carbocycles. The van der Waals surface area contributed by atoms with Crippen molar-refractivity contribution in [2.75, 3.05) is 18.1 Å². The van der Waals surface area contributed by atoms with Crippen LogP contribution in [0.2, 0.25) is 0 Å². The zero-order chi connectivity index (χ0) is 14.7. The van der Waals surface area contributed by atoms with Crippen LogP contribution in [0, 0.1) is 17.0 Å². The van der Waals surface area contributed by atoms with Gasteiger partial charge in [-0.05, 0) is 38.3 Å². The number of hydrogen-bond acceptors (Lipinski definition) is 5. The Morgan fingerprint density at radius 3 is 2.95 bits per heavy atom. The van der Waals surface area contributed by atoms with Gasteiger partial charge in [-0.15, -0.1) is 0 Å². The highest BCUT2D eigenvalue weighted by Gasteiger charge is 2.35. The summed E-state index contributed by atoms with van der Waals surface area (Å²) in [5.41, 5.74) is 1.47. The smallest absolute Gasteiger partial charge is 0.328 e. The number of nitrogens with zero attached hydrogens (tertiary/aromatic N) is 2. The predicted octanol–water partition coefficient (Wildman–Crippen LogP) is 2.44. The van der Waals surface area contributed by atoms with E-state index >= 15 is 0 Å². The SMILES string of the molecule is CCOC(=O)C1CCCN1c1cc(C)ccc1[N+](=O)[O-]. The molecule has 0 radical (unpaired) electrons. The van der Waals surface area contributed by atoms with Gasteiger partial charge in [0.1, 0.15) is 11.7 Å². The van der Waals surface area contributed by atoms with E-state index in [0.29, 0.717) is 25.3 Å². The van der Waals surface area contributed by atoms with Crippen molar-refractivity contribution in [2.24, 2.45) is 0 Å². The maximum atomic E-state index is 12.0. The first-order valence-electron chi connectivity index (χ1n) is 6.73. The number of hydrogen-bond donors (Lipinski definition) is 0. The van der Waals surface area contributed by atoms with Gasteiger partial charge >= 0.3 is 5.97 Å². The van der Waals surface area contributed by atoms with Crippen LogP contribution in [0.25, 0.3) is 0 Å². The molecule has 0 amide bonds. The summed E-state index contributed by atoms with van der Waals surface area (Å²) in [6.45, 7) is 4.59. The Balaban J connectivity index is 2.36. The minimum Gasteiger partial charge on any atom is -0.464 e. The van der Waals surface area contributed by atoms with E-state index in [4.69, 9.17) is 4.74 Å². The second-order valence-electron chi connectivity index (χ2n) is 4.85. The molecule has 0 bridgehead atoms. The lowest BCUT2D eigenvalue weighted by Crippen LogP contribution is -2.37. The average Bonchev–Trinajstić information content (AvgIpc) is 2.87. The van der Waals surface area contributed by atoms with Crippen LogP contribution in [0.5, 0.6) is 0 Å². The van der Waals surface area contributed by atoms with Crippen LogP contribution in [0.1, 0.15) is 25.3 Å². The normalized spacial score (nSPS) is 18.1. The summed E-state index contributed by atoms with van der Waals surface area (Å²) >= 11 is 0. The lowest BCUT2D eigenvalue weighted by Gasteiger charge is -2.25. The highest BCUT2D eigenvalue weighted by molar-refractivity contribution is 5.82. The van der Waals surface area contributed by atoms with E-state index in [1.54, 1.807) is 24.0 Å². The fraction of sp³-hybridized carbons (Fsp3) is 0.500. The summed E-state index contributed by atoms with van der Waals surface area (Å²) < 4.78 is 5.06. The van der Waals surface area contributed by atoms with Crippen molar-refractivity contribution < 1.29 is 14.5 Å². The number of nitro benzene ring substituents is 1. The Morgan fingerprint density at radius 1 is 1.55 bits per heavy atom. The molecular weight excluding hydrogens is 260 g/mol. The molecule has 0 N–H and O–H groups in total. The number of carbonyl (C=O) groups excluding carboxylic acids is 1. The van der Waals surface area contributed by atoms with Crippen LogP contribution in [-0.4, -0.2) is 30.1 Å². The van der Waals surface area contributed by atoms with Gasteiger partial charge < -0.3 is 9.64 Å². The van der Waals surface area contributed by atoms with E-state index in [1.807, 2.05) is 6.92 Å². The molecule has 6 nitrogen and oxygen atoms in total. The van der Waals surface area contributed by atoms with Gasteiger partial charge in [-0.25, -0.2) is 4.79 Å². The zero-order valence-electron chi connectivity index (χ0n) is 11.7. The average molecular weight is 278 g/mol. The molecular formula is C14H18N2O4. The van der Waals surface area contributed by atoms with Gasteiger partial charge in [0.05, 0.1) is 11.5 Å². The fourth-order valence-corrected chi connectivity index (χ4v) is 2.56. The van der Waals surface area contributed by atoms with Crippen molar-refractivity contribution in [1.29, 1.82) is 0 Å². The second kappa shape index (κ2) is 5.90. The summed E-state index contributed by atoms with van der Waals surface area (Å²) in [7, 11) is 0. The molecule has 20 heavy (non-hydrogen) atoms. The first-order chi connectivity index (χ1) is 9.54. The van der Waals surface area contributed by atoms with Gasteiger partial charge in [-0.2, -0.15) is 0 Å². The molecule has 1 aliphatic heterocycles. The fourth-order valence-electron chi connectivity index (χ4n) is 2.56. The molecule has 1 fully saturated rings. The minimum absolute atomic E-state index is 0.0341. The van der Waals surface area contributed by atoms with Crippen LogP contribution >= 0.6 is 0 Å². The van der Waals surface area contributed by atoms with E-state index < -0.39 is 11.0 Å². The Kier molecular flexibility index (Phi) is 4.22. The Labute approximate surface area is 117 Å². The van der Waals surface area contributed by atoms with Crippen molar-refractivity contribution >= 4 is 17.3 Å². The Bertz CT molecular complexity index is 530. The highest BCUT2D eigenvalue weighted by Crippen LogP contribution is 2.34. The number of anilines is 1. The Morgan fingerprint density at radius 2 is 2.30 bits per heavy atom. The molecule has 0 aliphatic carbocycles. The molecule has 1 saturated heterocycles. The van der Waals surface area contributed by atoms with E-state index in [-0.39, 0.29) is 11.7 Å². The van der Waals surface area contributed by atoms with Gasteiger partial charge in [0.15, 0.2) is 0 Å². The third kappa shape index (κ3) is 2.74. The highest BCUT2D eigenvalue weighted by atomic mass is 16.6. The van der Waals surface area contributed by atoms with E-state index in [9.17, 15) is 14.9 Å². The third-order valence-electron chi connectivity index (χ3n) is 3.45. The van der Waals surface area contributed by atoms with Crippen molar-refractivity contribution in [2.45, 2.75) is 32.7 Å². The Hall–Kier alpha value is -2.11. The molecule has 0 aromatic heterocycles. The van der Waals surface area contributed by atoms with Crippen LogP contribution in [0.3, 0.4) is 0 Å². The van der Waals surface area contributed by atoms with Gasteiger partial charge in [-0.1, -0.05) is 6.07 Å². The summed E-state index contributed by atoms with van der Waals surface area (Å²) in [4.78, 5) is 24.5. The topological polar surface area (TPSA) is 72.7 Å². The van der Waals surface area contributed by atoms with Crippen molar-refractivity contribution in [3.63, 3.8) is 0 Å². The second-order valence-corrected chi connectivity index (χ2v) is 4.85. The summed E-state index contributed by atoms with van der Waals surface area (Å²) in [5, 5.41) is 11.2. The van der Waals surface area contributed by atoms with Crippen LogP contribution in [0.15, 0.2) is 18.2 Å². The largest absolute Gasteiger partial charge is 0.464 e. The molecule has 1 atom stereocenters. The van der Waals surface area contributed by atoms with E-state index in [0.717, 1.165) is 12.0 Å². The first-order valence-corrected chi connectivity index (χ1v) is 6.73. The van der Waals surface area contributed by atoms with Gasteiger partial charge in [0.2, 0.25) is 0 Å². The molecule has 0 saturated carbocycles. The molecule has 1 aromatic rings. The van der Waals surface area contributed by atoms with E-state index in [1.165, 1.54) is 6.07 Å². The number of rotatable bonds is 4. The van der Waals surface area contributed by atoms with Gasteiger partial charge in [0.25, 0.3) is 5.69 Å². The quantitative estimate of drug-likeness (QED) is 0.480. The van der Waals surface area contributed by atoms with Crippen LogP contribution in [-0.2, 0) is 9.53 Å². The van der Waals surface area contributed by atoms with E-state index in [2.05, 4.69) is 0 Å².